The summed E-state index contributed by atoms with van der Waals surface area (Å²) in [5.74, 6) is 0.0453. The first-order valence-corrected chi connectivity index (χ1v) is 6.00. The van der Waals surface area contributed by atoms with Gasteiger partial charge in [0.25, 0.3) is 0 Å². The van der Waals surface area contributed by atoms with E-state index in [-0.39, 0.29) is 5.82 Å². The third-order valence-corrected chi connectivity index (χ3v) is 3.32. The number of halogens is 1. The van der Waals surface area contributed by atoms with E-state index in [1.807, 2.05) is 18.7 Å². The van der Waals surface area contributed by atoms with Crippen LogP contribution < -0.4 is 4.90 Å². The zero-order chi connectivity index (χ0) is 12.5. The van der Waals surface area contributed by atoms with Crippen LogP contribution in [0.4, 0.5) is 10.2 Å². The maximum atomic E-state index is 14.0. The average Bonchev–Trinajstić information content (AvgIpc) is 2.30. The third kappa shape index (κ3) is 2.54. The first kappa shape index (κ1) is 12.2. The first-order chi connectivity index (χ1) is 8.03. The Bertz CT molecular complexity index is 399. The molecule has 0 aliphatic carbocycles. The second kappa shape index (κ2) is 4.56. The van der Waals surface area contributed by atoms with Gasteiger partial charge in [0.05, 0.1) is 11.3 Å². The van der Waals surface area contributed by atoms with Gasteiger partial charge in [0, 0.05) is 13.1 Å². The largest absolute Gasteiger partial charge is 0.390 e. The topological polar surface area (TPSA) is 49.2 Å². The molecule has 1 aromatic heterocycles. The summed E-state index contributed by atoms with van der Waals surface area (Å²) in [5, 5.41) is 9.86. The Hall–Kier alpha value is -1.23. The minimum absolute atomic E-state index is 0.323. The van der Waals surface area contributed by atoms with E-state index < -0.39 is 5.60 Å². The lowest BCUT2D eigenvalue weighted by molar-refractivity contribution is 0.0349. The highest BCUT2D eigenvalue weighted by atomic mass is 19.1. The normalized spacial score (nSPS) is 19.4. The van der Waals surface area contributed by atoms with E-state index in [1.165, 1.54) is 6.33 Å². The molecule has 0 saturated carbocycles. The number of anilines is 1. The minimum Gasteiger partial charge on any atom is -0.390 e. The number of aliphatic hydroxyl groups is 1. The Kier molecular flexibility index (Phi) is 3.28. The summed E-state index contributed by atoms with van der Waals surface area (Å²) >= 11 is 0. The molecule has 0 atom stereocenters. The fourth-order valence-electron chi connectivity index (χ4n) is 2.06. The van der Waals surface area contributed by atoms with Gasteiger partial charge in [-0.15, -0.1) is 0 Å². The molecule has 0 spiro atoms. The van der Waals surface area contributed by atoms with Crippen molar-refractivity contribution in [1.82, 2.24) is 9.97 Å². The zero-order valence-electron chi connectivity index (χ0n) is 10.3. The van der Waals surface area contributed by atoms with E-state index in [0.29, 0.717) is 43.9 Å². The highest BCUT2D eigenvalue weighted by Crippen LogP contribution is 2.26. The zero-order valence-corrected chi connectivity index (χ0v) is 10.3. The summed E-state index contributed by atoms with van der Waals surface area (Å²) in [6, 6.07) is 0. The van der Waals surface area contributed by atoms with Gasteiger partial charge in [0.15, 0.2) is 11.6 Å². The summed E-state index contributed by atoms with van der Waals surface area (Å²) in [4.78, 5) is 9.82. The maximum Gasteiger partial charge on any atom is 0.187 e. The Labute approximate surface area is 101 Å². The first-order valence-electron chi connectivity index (χ1n) is 6.00. The second-order valence-corrected chi connectivity index (χ2v) is 4.80. The molecular weight excluding hydrogens is 221 g/mol. The van der Waals surface area contributed by atoms with E-state index >= 15 is 0 Å². The Morgan fingerprint density at radius 2 is 2.06 bits per heavy atom. The van der Waals surface area contributed by atoms with Crippen molar-refractivity contribution in [2.24, 2.45) is 0 Å². The van der Waals surface area contributed by atoms with Gasteiger partial charge in [-0.1, -0.05) is 6.92 Å². The molecular formula is C12H18FN3O. The number of rotatable bonds is 2. The highest BCUT2D eigenvalue weighted by molar-refractivity contribution is 5.41. The minimum atomic E-state index is -0.631. The van der Waals surface area contributed by atoms with Gasteiger partial charge >= 0.3 is 0 Å². The van der Waals surface area contributed by atoms with Crippen molar-refractivity contribution in [2.45, 2.75) is 38.7 Å². The molecule has 94 valence electrons. The molecule has 1 aliphatic rings. The molecule has 1 N–H and O–H groups in total. The standard InChI is InChI=1S/C12H18FN3O/c1-3-9-10(13)11(15-8-14-9)16-6-4-12(2,17)5-7-16/h8,17H,3-7H2,1-2H3. The summed E-state index contributed by atoms with van der Waals surface area (Å²) in [5.41, 5.74) is -0.180. The van der Waals surface area contributed by atoms with Crippen LogP contribution in [-0.2, 0) is 6.42 Å². The van der Waals surface area contributed by atoms with Gasteiger partial charge in [0.2, 0.25) is 0 Å². The maximum absolute atomic E-state index is 14.0. The van der Waals surface area contributed by atoms with E-state index in [0.717, 1.165) is 0 Å². The van der Waals surface area contributed by atoms with E-state index in [2.05, 4.69) is 9.97 Å². The molecule has 5 heteroatoms. The van der Waals surface area contributed by atoms with Crippen LogP contribution in [0.15, 0.2) is 6.33 Å². The summed E-state index contributed by atoms with van der Waals surface area (Å²) < 4.78 is 14.0. The van der Waals surface area contributed by atoms with Crippen molar-refractivity contribution in [3.05, 3.63) is 17.8 Å². The number of piperidine rings is 1. The van der Waals surface area contributed by atoms with Crippen molar-refractivity contribution in [3.8, 4) is 0 Å². The summed E-state index contributed by atoms with van der Waals surface area (Å²) in [7, 11) is 0. The van der Waals surface area contributed by atoms with Gasteiger partial charge in [-0.25, -0.2) is 14.4 Å². The Morgan fingerprint density at radius 1 is 1.41 bits per heavy atom. The monoisotopic (exact) mass is 239 g/mol. The molecule has 0 amide bonds. The number of hydrogen-bond acceptors (Lipinski definition) is 4. The molecule has 17 heavy (non-hydrogen) atoms. The van der Waals surface area contributed by atoms with Crippen LogP contribution in [-0.4, -0.2) is 33.8 Å². The molecule has 2 heterocycles. The van der Waals surface area contributed by atoms with Crippen molar-refractivity contribution in [3.63, 3.8) is 0 Å². The number of aryl methyl sites for hydroxylation is 1. The Morgan fingerprint density at radius 3 is 2.65 bits per heavy atom. The third-order valence-electron chi connectivity index (χ3n) is 3.32. The van der Waals surface area contributed by atoms with Gasteiger partial charge in [-0.3, -0.25) is 0 Å². The molecule has 1 fully saturated rings. The van der Waals surface area contributed by atoms with Crippen LogP contribution in [0.5, 0.6) is 0 Å². The molecule has 2 rings (SSSR count). The van der Waals surface area contributed by atoms with Crippen molar-refractivity contribution >= 4 is 5.82 Å². The summed E-state index contributed by atoms with van der Waals surface area (Å²) in [6.45, 7) is 4.95. The van der Waals surface area contributed by atoms with Gasteiger partial charge in [0.1, 0.15) is 6.33 Å². The van der Waals surface area contributed by atoms with Crippen LogP contribution >= 0.6 is 0 Å². The van der Waals surface area contributed by atoms with Gasteiger partial charge in [-0.05, 0) is 26.2 Å². The fourth-order valence-corrected chi connectivity index (χ4v) is 2.06. The predicted octanol–water partition coefficient (Wildman–Crippen LogP) is 1.53. The Balaban J connectivity index is 2.19. The molecule has 0 aromatic carbocycles. The van der Waals surface area contributed by atoms with Crippen molar-refractivity contribution in [1.29, 1.82) is 0 Å². The lowest BCUT2D eigenvalue weighted by atomic mass is 9.94. The second-order valence-electron chi connectivity index (χ2n) is 4.80. The van der Waals surface area contributed by atoms with E-state index in [9.17, 15) is 9.50 Å². The van der Waals surface area contributed by atoms with Gasteiger partial charge < -0.3 is 10.0 Å². The molecule has 0 bridgehead atoms. The van der Waals surface area contributed by atoms with Crippen LogP contribution in [0.1, 0.15) is 32.4 Å². The number of hydrogen-bond donors (Lipinski definition) is 1. The molecule has 1 aliphatic heterocycles. The van der Waals surface area contributed by atoms with Crippen LogP contribution in [0, 0.1) is 5.82 Å². The molecule has 4 nitrogen and oxygen atoms in total. The van der Waals surface area contributed by atoms with E-state index in [1.54, 1.807) is 0 Å². The smallest absolute Gasteiger partial charge is 0.187 e. The lowest BCUT2D eigenvalue weighted by Gasteiger charge is -2.36. The van der Waals surface area contributed by atoms with Crippen molar-refractivity contribution in [2.75, 3.05) is 18.0 Å². The van der Waals surface area contributed by atoms with Crippen LogP contribution in [0.25, 0.3) is 0 Å². The highest BCUT2D eigenvalue weighted by Gasteiger charge is 2.29. The molecule has 0 unspecified atom stereocenters. The number of nitrogens with zero attached hydrogens (tertiary/aromatic N) is 3. The number of aromatic nitrogens is 2. The van der Waals surface area contributed by atoms with Gasteiger partial charge in [-0.2, -0.15) is 0 Å². The average molecular weight is 239 g/mol. The van der Waals surface area contributed by atoms with Crippen LogP contribution in [0.2, 0.25) is 0 Å². The SMILES string of the molecule is CCc1ncnc(N2CCC(C)(O)CC2)c1F. The van der Waals surface area contributed by atoms with Crippen molar-refractivity contribution < 1.29 is 9.50 Å². The lowest BCUT2D eigenvalue weighted by Crippen LogP contribution is -2.43. The fraction of sp³-hybridized carbons (Fsp3) is 0.667. The predicted molar refractivity (Wildman–Crippen MR) is 63.4 cm³/mol. The quantitative estimate of drug-likeness (QED) is 0.850. The molecule has 0 radical (unpaired) electrons. The van der Waals surface area contributed by atoms with E-state index in [4.69, 9.17) is 0 Å². The summed E-state index contributed by atoms with van der Waals surface area (Å²) in [6.07, 6.45) is 3.24. The molecule has 1 aromatic rings. The molecule has 1 saturated heterocycles. The van der Waals surface area contributed by atoms with Crippen LogP contribution in [0.3, 0.4) is 0 Å².